The predicted octanol–water partition coefficient (Wildman–Crippen LogP) is -2.09. The number of hydrogen-bond acceptors (Lipinski definition) is 6. The van der Waals surface area contributed by atoms with Gasteiger partial charge in [0.15, 0.2) is 12.2 Å². The zero-order valence-corrected chi connectivity index (χ0v) is 9.09. The molecular weight excluding hydrogens is 235 g/mol. The Bertz CT molecular complexity index is 246. The predicted molar refractivity (Wildman–Crippen MR) is 57.1 cm³/mol. The highest BCUT2D eigenvalue weighted by atomic mass is 16.4. The smallest absolute Gasteiger partial charge is 0.455 e. The minimum atomic E-state index is -2.27. The number of rotatable bonds is 5. The van der Waals surface area contributed by atoms with Crippen LogP contribution in [0.25, 0.3) is 0 Å². The highest BCUT2D eigenvalue weighted by Crippen LogP contribution is 1.92. The third-order valence-corrected chi connectivity index (χ3v) is 1.39. The SMILES string of the molecule is C/C=C\CB(O)O.O=C(O)C(O)C(O)C(=O)O. The number of carbonyl (C=O) groups is 2. The molecule has 9 heteroatoms. The van der Waals surface area contributed by atoms with Crippen LogP contribution in [0, 0.1) is 0 Å². The maximum Gasteiger partial charge on any atom is 0.455 e. The lowest BCUT2D eigenvalue weighted by molar-refractivity contribution is -0.165. The summed E-state index contributed by atoms with van der Waals surface area (Å²) in [5.41, 5.74) is 0. The largest absolute Gasteiger partial charge is 0.479 e. The molecule has 2 unspecified atom stereocenters. The zero-order valence-electron chi connectivity index (χ0n) is 9.09. The lowest BCUT2D eigenvalue weighted by Gasteiger charge is -2.07. The van der Waals surface area contributed by atoms with Crippen LogP contribution in [0.1, 0.15) is 6.92 Å². The molecule has 8 nitrogen and oxygen atoms in total. The average molecular weight is 250 g/mol. The van der Waals surface area contributed by atoms with Crippen molar-refractivity contribution >= 4 is 19.1 Å². The van der Waals surface area contributed by atoms with E-state index >= 15 is 0 Å². The molecule has 0 heterocycles. The van der Waals surface area contributed by atoms with E-state index in [1.165, 1.54) is 0 Å². The fourth-order valence-corrected chi connectivity index (χ4v) is 0.528. The van der Waals surface area contributed by atoms with Gasteiger partial charge in [0.1, 0.15) is 0 Å². The van der Waals surface area contributed by atoms with Crippen LogP contribution >= 0.6 is 0 Å². The topological polar surface area (TPSA) is 156 Å². The number of carboxylic acids is 2. The fraction of sp³-hybridized carbons (Fsp3) is 0.500. The molecule has 0 rings (SSSR count). The van der Waals surface area contributed by atoms with Crippen molar-refractivity contribution in [2.24, 2.45) is 0 Å². The first-order valence-electron chi connectivity index (χ1n) is 4.53. The minimum Gasteiger partial charge on any atom is -0.479 e. The molecule has 17 heavy (non-hydrogen) atoms. The number of hydrogen-bond donors (Lipinski definition) is 6. The van der Waals surface area contributed by atoms with Crippen molar-refractivity contribution in [1.29, 1.82) is 0 Å². The lowest BCUT2D eigenvalue weighted by Crippen LogP contribution is -2.39. The van der Waals surface area contributed by atoms with Crippen LogP contribution in [0.15, 0.2) is 12.2 Å². The molecule has 0 aliphatic heterocycles. The van der Waals surface area contributed by atoms with Crippen molar-refractivity contribution in [2.45, 2.75) is 25.5 Å². The molecule has 0 aliphatic rings. The quantitative estimate of drug-likeness (QED) is 0.239. The van der Waals surface area contributed by atoms with Gasteiger partial charge in [-0.15, -0.1) is 0 Å². The Hall–Kier alpha value is -1.42. The summed E-state index contributed by atoms with van der Waals surface area (Å²) < 4.78 is 0. The molecule has 0 aliphatic carbocycles. The average Bonchev–Trinajstić information content (AvgIpc) is 2.24. The molecule has 0 saturated carbocycles. The van der Waals surface area contributed by atoms with Gasteiger partial charge in [0.05, 0.1) is 0 Å². The molecule has 0 aromatic carbocycles. The van der Waals surface area contributed by atoms with Gasteiger partial charge in [0, 0.05) is 0 Å². The molecule has 0 bridgehead atoms. The molecule has 0 aromatic heterocycles. The second-order valence-electron chi connectivity index (χ2n) is 2.85. The van der Waals surface area contributed by atoms with E-state index in [1.54, 1.807) is 12.2 Å². The lowest BCUT2D eigenvalue weighted by atomic mass is 9.86. The Morgan fingerprint density at radius 1 is 1.12 bits per heavy atom. The zero-order chi connectivity index (χ0) is 14.0. The number of carboxylic acid groups (broad SMARTS) is 2. The molecule has 0 fully saturated rings. The third-order valence-electron chi connectivity index (χ3n) is 1.39. The number of allylic oxidation sites excluding steroid dienone is 2. The summed E-state index contributed by atoms with van der Waals surface area (Å²) in [6.45, 7) is 1.84. The van der Waals surface area contributed by atoms with Crippen LogP contribution in [-0.2, 0) is 9.59 Å². The monoisotopic (exact) mass is 250 g/mol. The summed E-state index contributed by atoms with van der Waals surface area (Å²) in [7, 11) is -1.18. The van der Waals surface area contributed by atoms with Gasteiger partial charge in [-0.25, -0.2) is 9.59 Å². The van der Waals surface area contributed by atoms with Gasteiger partial charge in [-0.05, 0) is 13.2 Å². The standard InChI is InChI=1S/C4H9BO2.C4H6O6/c1-2-3-4-5(6)7;5-1(3(7)8)2(6)4(9)10/h2-3,6-7H,4H2,1H3;1-2,5-6H,(H,7,8)(H,9,10)/b3-2-;. The van der Waals surface area contributed by atoms with E-state index in [0.29, 0.717) is 6.32 Å². The summed E-state index contributed by atoms with van der Waals surface area (Å²) in [6, 6.07) is 0. The van der Waals surface area contributed by atoms with Crippen molar-refractivity contribution in [3.8, 4) is 0 Å². The summed E-state index contributed by atoms with van der Waals surface area (Å²) in [5.74, 6) is -3.54. The molecule has 0 spiro atoms. The maximum absolute atomic E-state index is 9.77. The summed E-state index contributed by atoms with van der Waals surface area (Å²) in [4.78, 5) is 19.5. The van der Waals surface area contributed by atoms with E-state index < -0.39 is 31.3 Å². The first-order valence-corrected chi connectivity index (χ1v) is 4.53. The van der Waals surface area contributed by atoms with Gasteiger partial charge >= 0.3 is 19.1 Å². The van der Waals surface area contributed by atoms with Crippen LogP contribution < -0.4 is 0 Å². The minimum absolute atomic E-state index is 0.330. The fourth-order valence-electron chi connectivity index (χ4n) is 0.528. The number of aliphatic hydroxyl groups is 2. The third kappa shape index (κ3) is 10.9. The molecule has 0 aromatic rings. The summed E-state index contributed by atoms with van der Waals surface area (Å²) in [6.07, 6.45) is -0.726. The highest BCUT2D eigenvalue weighted by Gasteiger charge is 2.29. The van der Waals surface area contributed by atoms with Crippen LogP contribution in [0.3, 0.4) is 0 Å². The van der Waals surface area contributed by atoms with Gasteiger partial charge in [-0.2, -0.15) is 0 Å². The first-order chi connectivity index (χ1) is 7.73. The Morgan fingerprint density at radius 2 is 1.47 bits per heavy atom. The Balaban J connectivity index is 0. The van der Waals surface area contributed by atoms with E-state index in [1.807, 2.05) is 6.92 Å². The van der Waals surface area contributed by atoms with Crippen molar-refractivity contribution < 1.29 is 40.1 Å². The van der Waals surface area contributed by atoms with Crippen LogP contribution in [-0.4, -0.2) is 61.7 Å². The Kier molecular flexibility index (Phi) is 10.3. The number of aliphatic hydroxyl groups excluding tert-OH is 2. The van der Waals surface area contributed by atoms with E-state index in [-0.39, 0.29) is 0 Å². The number of aliphatic carboxylic acids is 2. The maximum atomic E-state index is 9.77. The normalized spacial score (nSPS) is 13.5. The Labute approximate surface area is 97.6 Å². The van der Waals surface area contributed by atoms with E-state index in [2.05, 4.69) is 0 Å². The molecule has 0 radical (unpaired) electrons. The second-order valence-corrected chi connectivity index (χ2v) is 2.85. The van der Waals surface area contributed by atoms with Gasteiger partial charge in [0.25, 0.3) is 0 Å². The summed E-state index contributed by atoms with van der Waals surface area (Å²) >= 11 is 0. The van der Waals surface area contributed by atoms with Gasteiger partial charge in [-0.3, -0.25) is 0 Å². The van der Waals surface area contributed by atoms with Gasteiger partial charge in [0.2, 0.25) is 0 Å². The van der Waals surface area contributed by atoms with Crippen LogP contribution in [0.5, 0.6) is 0 Å². The Morgan fingerprint density at radius 3 is 1.59 bits per heavy atom. The highest BCUT2D eigenvalue weighted by molar-refractivity contribution is 6.41. The van der Waals surface area contributed by atoms with Crippen molar-refractivity contribution in [2.75, 3.05) is 0 Å². The molecule has 6 N–H and O–H groups in total. The van der Waals surface area contributed by atoms with E-state index in [9.17, 15) is 9.59 Å². The molecule has 98 valence electrons. The molecule has 0 amide bonds. The first kappa shape index (κ1) is 18.0. The van der Waals surface area contributed by atoms with Gasteiger partial charge in [-0.1, -0.05) is 12.2 Å². The van der Waals surface area contributed by atoms with Crippen LogP contribution in [0.2, 0.25) is 6.32 Å². The van der Waals surface area contributed by atoms with E-state index in [0.717, 1.165) is 0 Å². The van der Waals surface area contributed by atoms with Crippen LogP contribution in [0.4, 0.5) is 0 Å². The van der Waals surface area contributed by atoms with Crippen molar-refractivity contribution in [3.05, 3.63) is 12.2 Å². The van der Waals surface area contributed by atoms with Gasteiger partial charge < -0.3 is 30.5 Å². The molecular formula is C8H15BO8. The molecule has 0 saturated heterocycles. The molecule has 2 atom stereocenters. The second kappa shape index (κ2) is 9.79. The van der Waals surface area contributed by atoms with Crippen molar-refractivity contribution in [3.63, 3.8) is 0 Å². The van der Waals surface area contributed by atoms with Crippen molar-refractivity contribution in [1.82, 2.24) is 0 Å². The summed E-state index contributed by atoms with van der Waals surface area (Å²) in [5, 5.41) is 48.9. The van der Waals surface area contributed by atoms with E-state index in [4.69, 9.17) is 30.5 Å².